The molecule has 0 bridgehead atoms. The lowest BCUT2D eigenvalue weighted by molar-refractivity contribution is 0.0793. The number of carbonyl (C=O) groups excluding carboxylic acids is 1. The van der Waals surface area contributed by atoms with Crippen molar-refractivity contribution >= 4 is 17.3 Å². The first-order chi connectivity index (χ1) is 13.2. The predicted octanol–water partition coefficient (Wildman–Crippen LogP) is 2.64. The fourth-order valence-electron chi connectivity index (χ4n) is 3.20. The number of allylic oxidation sites excluding steroid dienone is 1. The van der Waals surface area contributed by atoms with Crippen LogP contribution in [-0.4, -0.2) is 29.6 Å². The molecule has 2 heterocycles. The first-order valence-corrected chi connectivity index (χ1v) is 8.57. The fraction of sp³-hybridized carbons (Fsp3) is 0.0952. The van der Waals surface area contributed by atoms with Crippen LogP contribution in [0.15, 0.2) is 88.8 Å². The zero-order chi connectivity index (χ0) is 18.8. The molecule has 0 aliphatic carbocycles. The number of nitriles is 1. The van der Waals surface area contributed by atoms with E-state index in [-0.39, 0.29) is 5.91 Å². The molecule has 0 aromatic heterocycles. The number of hydrogen-bond donors (Lipinski definition) is 1. The second-order valence-corrected chi connectivity index (χ2v) is 6.24. The van der Waals surface area contributed by atoms with E-state index in [1.165, 1.54) is 0 Å². The molecular formula is C21H17N5O. The van der Waals surface area contributed by atoms with Crippen LogP contribution in [0.3, 0.4) is 0 Å². The summed E-state index contributed by atoms with van der Waals surface area (Å²) in [6.07, 6.45) is 1.84. The third-order valence-corrected chi connectivity index (χ3v) is 4.56. The topological polar surface area (TPSA) is 85.7 Å². The molecule has 2 N–H and O–H groups in total. The summed E-state index contributed by atoms with van der Waals surface area (Å²) < 4.78 is 0. The molecule has 0 saturated heterocycles. The van der Waals surface area contributed by atoms with Crippen molar-refractivity contribution in [2.45, 2.75) is 0 Å². The van der Waals surface area contributed by atoms with E-state index in [1.807, 2.05) is 54.6 Å². The molecule has 2 aromatic rings. The van der Waals surface area contributed by atoms with Gasteiger partial charge >= 0.3 is 0 Å². The van der Waals surface area contributed by atoms with Crippen molar-refractivity contribution in [1.82, 2.24) is 4.90 Å². The Balaban J connectivity index is 1.70. The van der Waals surface area contributed by atoms with Crippen molar-refractivity contribution in [3.63, 3.8) is 0 Å². The van der Waals surface area contributed by atoms with Gasteiger partial charge in [-0.1, -0.05) is 42.5 Å². The Morgan fingerprint density at radius 3 is 2.41 bits per heavy atom. The zero-order valence-electron chi connectivity index (χ0n) is 14.5. The summed E-state index contributed by atoms with van der Waals surface area (Å²) in [5, 5.41) is 15.8. The summed E-state index contributed by atoms with van der Waals surface area (Å²) in [5.41, 5.74) is 9.35. The number of anilines is 1. The Labute approximate surface area is 157 Å². The van der Waals surface area contributed by atoms with Gasteiger partial charge in [-0.05, 0) is 24.3 Å². The van der Waals surface area contributed by atoms with E-state index < -0.39 is 0 Å². The highest BCUT2D eigenvalue weighted by atomic mass is 16.2. The fourth-order valence-corrected chi connectivity index (χ4v) is 3.20. The number of rotatable bonds is 2. The Morgan fingerprint density at radius 1 is 1.07 bits per heavy atom. The number of nitrogens with zero attached hydrogens (tertiary/aromatic N) is 4. The van der Waals surface area contributed by atoms with Gasteiger partial charge in [-0.25, -0.2) is 5.01 Å². The highest BCUT2D eigenvalue weighted by molar-refractivity contribution is 6.11. The largest absolute Gasteiger partial charge is 0.383 e. The average molecular weight is 355 g/mol. The maximum absolute atomic E-state index is 12.8. The number of fused-ring (bicyclic) bond motifs is 1. The lowest BCUT2D eigenvalue weighted by atomic mass is 9.96. The van der Waals surface area contributed by atoms with Crippen LogP contribution in [0.25, 0.3) is 0 Å². The van der Waals surface area contributed by atoms with Gasteiger partial charge in [-0.3, -0.25) is 4.79 Å². The summed E-state index contributed by atoms with van der Waals surface area (Å²) in [4.78, 5) is 14.5. The minimum Gasteiger partial charge on any atom is -0.383 e. The molecule has 0 radical (unpaired) electrons. The normalized spacial score (nSPS) is 16.3. The van der Waals surface area contributed by atoms with Crippen LogP contribution in [0.4, 0.5) is 5.69 Å². The van der Waals surface area contributed by atoms with Crippen LogP contribution in [0.5, 0.6) is 0 Å². The number of carbonyl (C=O) groups is 1. The van der Waals surface area contributed by atoms with Crippen molar-refractivity contribution in [1.29, 1.82) is 5.26 Å². The van der Waals surface area contributed by atoms with Gasteiger partial charge in [0.15, 0.2) is 0 Å². The van der Waals surface area contributed by atoms with Crippen LogP contribution in [0.2, 0.25) is 0 Å². The van der Waals surface area contributed by atoms with E-state index >= 15 is 0 Å². The second kappa shape index (κ2) is 6.81. The van der Waals surface area contributed by atoms with Crippen LogP contribution in [0, 0.1) is 11.3 Å². The van der Waals surface area contributed by atoms with Crippen molar-refractivity contribution in [3.8, 4) is 6.07 Å². The third kappa shape index (κ3) is 2.96. The molecule has 2 aliphatic rings. The SMILES string of the molecule is N#CC1=C(N)N(c2ccccc2)N=C2CN(C(=O)c3ccccc3)CC=C21. The Kier molecular flexibility index (Phi) is 4.19. The first-order valence-electron chi connectivity index (χ1n) is 8.57. The highest BCUT2D eigenvalue weighted by Crippen LogP contribution is 2.29. The molecule has 27 heavy (non-hydrogen) atoms. The van der Waals surface area contributed by atoms with Crippen LogP contribution < -0.4 is 10.7 Å². The van der Waals surface area contributed by atoms with Crippen LogP contribution in [-0.2, 0) is 0 Å². The Morgan fingerprint density at radius 2 is 1.74 bits per heavy atom. The lowest BCUT2D eigenvalue weighted by Gasteiger charge is -2.33. The van der Waals surface area contributed by atoms with Gasteiger partial charge in [0, 0.05) is 17.7 Å². The van der Waals surface area contributed by atoms with Gasteiger partial charge in [0.1, 0.15) is 17.5 Å². The summed E-state index contributed by atoms with van der Waals surface area (Å²) >= 11 is 0. The minimum absolute atomic E-state index is 0.0686. The molecule has 4 rings (SSSR count). The van der Waals surface area contributed by atoms with Crippen molar-refractivity contribution in [2.75, 3.05) is 18.1 Å². The van der Waals surface area contributed by atoms with E-state index in [9.17, 15) is 10.1 Å². The number of para-hydroxylation sites is 1. The molecule has 0 fully saturated rings. The smallest absolute Gasteiger partial charge is 0.254 e. The predicted molar refractivity (Wildman–Crippen MR) is 104 cm³/mol. The quantitative estimate of drug-likeness (QED) is 0.897. The van der Waals surface area contributed by atoms with Gasteiger partial charge in [0.25, 0.3) is 5.91 Å². The summed E-state index contributed by atoms with van der Waals surface area (Å²) in [6, 6.07) is 20.7. The van der Waals surface area contributed by atoms with E-state index in [2.05, 4.69) is 11.2 Å². The average Bonchev–Trinajstić information content (AvgIpc) is 2.74. The van der Waals surface area contributed by atoms with Crippen molar-refractivity contribution in [2.24, 2.45) is 10.8 Å². The first kappa shape index (κ1) is 16.6. The molecule has 0 unspecified atom stereocenters. The van der Waals surface area contributed by atoms with E-state index in [4.69, 9.17) is 5.73 Å². The number of hydrogen-bond acceptors (Lipinski definition) is 5. The van der Waals surface area contributed by atoms with Crippen molar-refractivity contribution < 1.29 is 4.79 Å². The Hall–Kier alpha value is -3.85. The summed E-state index contributed by atoms with van der Waals surface area (Å²) in [5.74, 6) is 0.224. The van der Waals surface area contributed by atoms with Gasteiger partial charge < -0.3 is 10.6 Å². The third-order valence-electron chi connectivity index (χ3n) is 4.56. The summed E-state index contributed by atoms with van der Waals surface area (Å²) in [7, 11) is 0. The maximum atomic E-state index is 12.8. The molecule has 0 saturated carbocycles. The number of nitrogens with two attached hydrogens (primary N) is 1. The molecule has 132 valence electrons. The van der Waals surface area contributed by atoms with E-state index in [0.717, 1.165) is 5.69 Å². The maximum Gasteiger partial charge on any atom is 0.254 e. The molecule has 1 amide bonds. The zero-order valence-corrected chi connectivity index (χ0v) is 14.5. The molecule has 0 spiro atoms. The molecule has 6 nitrogen and oxygen atoms in total. The second-order valence-electron chi connectivity index (χ2n) is 6.24. The molecule has 2 aliphatic heterocycles. The van der Waals surface area contributed by atoms with Gasteiger partial charge in [-0.2, -0.15) is 10.4 Å². The standard InChI is InChI=1S/C21H17N5O/c22-13-18-17-11-12-25(21(27)15-7-3-1-4-8-15)14-19(17)24-26(20(18)23)16-9-5-2-6-10-16/h1-11H,12,14,23H2. The van der Waals surface area contributed by atoms with Gasteiger partial charge in [0.2, 0.25) is 0 Å². The number of amides is 1. The summed E-state index contributed by atoms with van der Waals surface area (Å²) in [6.45, 7) is 0.729. The monoisotopic (exact) mass is 355 g/mol. The number of hydrazone groups is 1. The van der Waals surface area contributed by atoms with E-state index in [1.54, 1.807) is 22.0 Å². The molecular weight excluding hydrogens is 338 g/mol. The Bertz CT molecular complexity index is 1020. The molecule has 2 aromatic carbocycles. The highest BCUT2D eigenvalue weighted by Gasteiger charge is 2.31. The van der Waals surface area contributed by atoms with Gasteiger partial charge in [0.05, 0.1) is 17.9 Å². The van der Waals surface area contributed by atoms with Gasteiger partial charge in [-0.15, -0.1) is 0 Å². The minimum atomic E-state index is -0.0686. The van der Waals surface area contributed by atoms with E-state index in [0.29, 0.717) is 41.3 Å². The molecule has 0 atom stereocenters. The number of benzene rings is 2. The lowest BCUT2D eigenvalue weighted by Crippen LogP contribution is -2.43. The van der Waals surface area contributed by atoms with Crippen LogP contribution >= 0.6 is 0 Å². The van der Waals surface area contributed by atoms with Crippen molar-refractivity contribution in [3.05, 3.63) is 89.3 Å². The molecule has 6 heteroatoms. The van der Waals surface area contributed by atoms with Crippen LogP contribution in [0.1, 0.15) is 10.4 Å².